The maximum atomic E-state index is 13.4. The van der Waals surface area contributed by atoms with E-state index < -0.39 is 0 Å². The molecule has 1 amide bonds. The van der Waals surface area contributed by atoms with E-state index in [4.69, 9.17) is 20.9 Å². The van der Waals surface area contributed by atoms with E-state index in [1.54, 1.807) is 34.9 Å². The Hall–Kier alpha value is -4.50. The van der Waals surface area contributed by atoms with Gasteiger partial charge in [0.15, 0.2) is 0 Å². The molecule has 0 saturated carbocycles. The highest BCUT2D eigenvalue weighted by atomic mass is 35.5. The molecule has 5 rings (SSSR count). The molecule has 5 aromatic rings. The largest absolute Gasteiger partial charge is 0.495 e. The lowest BCUT2D eigenvalue weighted by molar-refractivity contribution is -0.116. The van der Waals surface area contributed by atoms with Gasteiger partial charge in [0.05, 0.1) is 17.5 Å². The van der Waals surface area contributed by atoms with Crippen LogP contribution in [0.3, 0.4) is 0 Å². The summed E-state index contributed by atoms with van der Waals surface area (Å²) in [5, 5.41) is 7.57. The standard InChI is InChI=1S/C27H22ClN5O4/c1-15-5-4-6-17(11-15)25-31-27(37-32-25)20-13-33(26-19(24(20)35)9-7-16(2)29-26)14-23(34)30-18-8-10-22(36-3)21(28)12-18/h4-13H,14H2,1-3H3,(H,30,34). The van der Waals surface area contributed by atoms with Gasteiger partial charge in [-0.1, -0.05) is 40.5 Å². The predicted molar refractivity (Wildman–Crippen MR) is 141 cm³/mol. The van der Waals surface area contributed by atoms with Gasteiger partial charge in [-0.3, -0.25) is 9.59 Å². The Morgan fingerprint density at radius 2 is 1.95 bits per heavy atom. The molecule has 0 aliphatic heterocycles. The number of methoxy groups -OCH3 is 1. The summed E-state index contributed by atoms with van der Waals surface area (Å²) in [6.07, 6.45) is 1.52. The minimum absolute atomic E-state index is 0.0556. The molecule has 0 atom stereocenters. The first-order valence-corrected chi connectivity index (χ1v) is 11.8. The maximum Gasteiger partial charge on any atom is 0.263 e. The summed E-state index contributed by atoms with van der Waals surface area (Å²) in [5.74, 6) is 0.576. The summed E-state index contributed by atoms with van der Waals surface area (Å²) in [6, 6.07) is 16.0. The SMILES string of the molecule is COc1ccc(NC(=O)Cn2cc(-c3nc(-c4cccc(C)c4)no3)c(=O)c3ccc(C)nc32)cc1Cl. The molecule has 0 aliphatic carbocycles. The molecule has 3 heterocycles. The molecule has 1 N–H and O–H groups in total. The molecular formula is C27H22ClN5O4. The minimum Gasteiger partial charge on any atom is -0.495 e. The van der Waals surface area contributed by atoms with Crippen molar-refractivity contribution in [3.05, 3.63) is 87.3 Å². The van der Waals surface area contributed by atoms with Crippen LogP contribution in [0.4, 0.5) is 5.69 Å². The molecular weight excluding hydrogens is 494 g/mol. The monoisotopic (exact) mass is 515 g/mol. The minimum atomic E-state index is -0.341. The fourth-order valence-corrected chi connectivity index (χ4v) is 4.22. The number of aryl methyl sites for hydroxylation is 2. The van der Waals surface area contributed by atoms with Gasteiger partial charge in [0.2, 0.25) is 17.2 Å². The number of rotatable bonds is 6. The molecule has 0 saturated heterocycles. The molecule has 3 aromatic heterocycles. The average molecular weight is 516 g/mol. The van der Waals surface area contributed by atoms with Crippen LogP contribution in [0, 0.1) is 13.8 Å². The quantitative estimate of drug-likeness (QED) is 0.337. The number of halogens is 1. The Balaban J connectivity index is 1.52. The van der Waals surface area contributed by atoms with Gasteiger partial charge in [-0.05, 0) is 50.2 Å². The van der Waals surface area contributed by atoms with Crippen molar-refractivity contribution in [3.8, 4) is 28.6 Å². The molecule has 186 valence electrons. The third-order valence-corrected chi connectivity index (χ3v) is 6.04. The van der Waals surface area contributed by atoms with E-state index in [0.717, 1.165) is 11.1 Å². The summed E-state index contributed by atoms with van der Waals surface area (Å²) < 4.78 is 12.2. The van der Waals surface area contributed by atoms with Crippen molar-refractivity contribution < 1.29 is 14.1 Å². The summed E-state index contributed by atoms with van der Waals surface area (Å²) in [4.78, 5) is 35.3. The lowest BCUT2D eigenvalue weighted by Gasteiger charge is -2.13. The third-order valence-electron chi connectivity index (χ3n) is 5.74. The van der Waals surface area contributed by atoms with Gasteiger partial charge in [-0.25, -0.2) is 4.98 Å². The Morgan fingerprint density at radius 1 is 1.11 bits per heavy atom. The first kappa shape index (κ1) is 24.2. The Morgan fingerprint density at radius 3 is 2.70 bits per heavy atom. The zero-order chi connectivity index (χ0) is 26.1. The number of amides is 1. The molecule has 10 heteroatoms. The summed E-state index contributed by atoms with van der Waals surface area (Å²) in [6.45, 7) is 3.66. The lowest BCUT2D eigenvalue weighted by Crippen LogP contribution is -2.22. The number of nitrogens with zero attached hydrogens (tertiary/aromatic N) is 4. The Labute approximate surface area is 216 Å². The molecule has 0 spiro atoms. The van der Waals surface area contributed by atoms with Crippen molar-refractivity contribution in [3.63, 3.8) is 0 Å². The van der Waals surface area contributed by atoms with E-state index >= 15 is 0 Å². The average Bonchev–Trinajstić information content (AvgIpc) is 3.36. The molecule has 37 heavy (non-hydrogen) atoms. The van der Waals surface area contributed by atoms with Crippen molar-refractivity contribution in [1.29, 1.82) is 0 Å². The zero-order valence-corrected chi connectivity index (χ0v) is 21.0. The highest BCUT2D eigenvalue weighted by molar-refractivity contribution is 6.32. The van der Waals surface area contributed by atoms with Crippen LogP contribution in [0.15, 0.2) is 70.1 Å². The van der Waals surface area contributed by atoms with Gasteiger partial charge in [0.1, 0.15) is 23.5 Å². The predicted octanol–water partition coefficient (Wildman–Crippen LogP) is 5.03. The Bertz CT molecular complexity index is 1710. The highest BCUT2D eigenvalue weighted by Gasteiger charge is 2.19. The van der Waals surface area contributed by atoms with Crippen molar-refractivity contribution >= 4 is 34.2 Å². The number of nitrogens with one attached hydrogen (secondary N) is 1. The van der Waals surface area contributed by atoms with Gasteiger partial charge >= 0.3 is 0 Å². The topological polar surface area (TPSA) is 112 Å². The molecule has 0 bridgehead atoms. The van der Waals surface area contributed by atoms with Crippen molar-refractivity contribution in [2.75, 3.05) is 12.4 Å². The van der Waals surface area contributed by atoms with Crippen molar-refractivity contribution in [2.45, 2.75) is 20.4 Å². The Kier molecular flexibility index (Phi) is 6.45. The van der Waals surface area contributed by atoms with Crippen LogP contribution in [0.5, 0.6) is 5.75 Å². The van der Waals surface area contributed by atoms with Gasteiger partial charge in [-0.2, -0.15) is 4.98 Å². The van der Waals surface area contributed by atoms with E-state index in [9.17, 15) is 9.59 Å². The van der Waals surface area contributed by atoms with E-state index in [1.807, 2.05) is 38.1 Å². The number of hydrogen-bond acceptors (Lipinski definition) is 7. The summed E-state index contributed by atoms with van der Waals surface area (Å²) in [7, 11) is 1.51. The lowest BCUT2D eigenvalue weighted by atomic mass is 10.1. The second kappa shape index (κ2) is 9.87. The van der Waals surface area contributed by atoms with Crippen molar-refractivity contribution in [1.82, 2.24) is 19.7 Å². The fraction of sp³-hybridized carbons (Fsp3) is 0.148. The van der Waals surface area contributed by atoms with Crippen LogP contribution in [-0.2, 0) is 11.3 Å². The molecule has 0 unspecified atom stereocenters. The number of ether oxygens (including phenoxy) is 1. The number of pyridine rings is 2. The van der Waals surface area contributed by atoms with Gasteiger partial charge in [0.25, 0.3) is 5.89 Å². The van der Waals surface area contributed by atoms with E-state index in [-0.39, 0.29) is 29.3 Å². The summed E-state index contributed by atoms with van der Waals surface area (Å²) in [5.41, 5.74) is 3.24. The van der Waals surface area contributed by atoms with Crippen LogP contribution < -0.4 is 15.5 Å². The second-order valence-corrected chi connectivity index (χ2v) is 8.92. The summed E-state index contributed by atoms with van der Waals surface area (Å²) >= 11 is 6.18. The zero-order valence-electron chi connectivity index (χ0n) is 20.3. The van der Waals surface area contributed by atoms with Gasteiger partial charge in [-0.15, -0.1) is 0 Å². The van der Waals surface area contributed by atoms with E-state index in [0.29, 0.717) is 39.0 Å². The normalized spacial score (nSPS) is 11.0. The van der Waals surface area contributed by atoms with Crippen molar-refractivity contribution in [2.24, 2.45) is 0 Å². The molecule has 9 nitrogen and oxygen atoms in total. The van der Waals surface area contributed by atoms with E-state index in [1.165, 1.54) is 13.3 Å². The maximum absolute atomic E-state index is 13.4. The van der Waals surface area contributed by atoms with E-state index in [2.05, 4.69) is 20.4 Å². The smallest absolute Gasteiger partial charge is 0.263 e. The number of aromatic nitrogens is 4. The first-order valence-electron chi connectivity index (χ1n) is 11.4. The number of fused-ring (bicyclic) bond motifs is 1. The highest BCUT2D eigenvalue weighted by Crippen LogP contribution is 2.27. The second-order valence-electron chi connectivity index (χ2n) is 8.51. The van der Waals surface area contributed by atoms with Crippen LogP contribution >= 0.6 is 11.6 Å². The number of hydrogen-bond donors (Lipinski definition) is 1. The first-order chi connectivity index (χ1) is 17.8. The fourth-order valence-electron chi connectivity index (χ4n) is 3.97. The number of carbonyl (C=O) groups excluding carboxylic acids is 1. The molecule has 0 fully saturated rings. The molecule has 0 aliphatic rings. The third kappa shape index (κ3) is 4.94. The van der Waals surface area contributed by atoms with Gasteiger partial charge < -0.3 is 19.1 Å². The van der Waals surface area contributed by atoms with Crippen LogP contribution in [0.1, 0.15) is 11.3 Å². The van der Waals surface area contributed by atoms with Gasteiger partial charge in [0, 0.05) is 23.1 Å². The number of carbonyl (C=O) groups is 1. The molecule has 0 radical (unpaired) electrons. The number of anilines is 1. The van der Waals surface area contributed by atoms with Crippen LogP contribution in [0.25, 0.3) is 33.9 Å². The number of benzene rings is 2. The van der Waals surface area contributed by atoms with Crippen LogP contribution in [0.2, 0.25) is 5.02 Å². The van der Waals surface area contributed by atoms with Crippen LogP contribution in [-0.4, -0.2) is 32.7 Å². The molecule has 2 aromatic carbocycles.